The van der Waals surface area contributed by atoms with E-state index in [4.69, 9.17) is 22.1 Å². The van der Waals surface area contributed by atoms with Crippen molar-refractivity contribution in [3.8, 4) is 0 Å². The monoisotopic (exact) mass is 416 g/mol. The Morgan fingerprint density at radius 3 is 1.72 bits per heavy atom. The van der Waals surface area contributed by atoms with E-state index in [-0.39, 0.29) is 0 Å². The Balaban J connectivity index is 4.23. The highest BCUT2D eigenvalue weighted by Gasteiger charge is 2.41. The molecule has 6 nitrogen and oxygen atoms in total. The smallest absolute Gasteiger partial charge is 0.456 e. The van der Waals surface area contributed by atoms with Gasteiger partial charge in [0.15, 0.2) is 23.5 Å². The molecule has 0 spiro atoms. The normalized spacial score (nSPS) is 13.4. The van der Waals surface area contributed by atoms with Crippen molar-refractivity contribution in [1.29, 1.82) is 0 Å². The second-order valence-electron chi connectivity index (χ2n) is 7.15. The molecule has 0 heterocycles. The number of hydrogen-bond donors (Lipinski definition) is 0. The van der Waals surface area contributed by atoms with Gasteiger partial charge in [-0.25, -0.2) is 4.39 Å². The molecule has 0 radical (unpaired) electrons. The van der Waals surface area contributed by atoms with Crippen molar-refractivity contribution in [2.24, 2.45) is 0 Å². The first-order chi connectivity index (χ1) is 11.7. The molecule has 0 aliphatic carbocycles. The van der Waals surface area contributed by atoms with Crippen molar-refractivity contribution in [3.05, 3.63) is 0 Å². The van der Waals surface area contributed by atoms with Crippen LogP contribution in [0.15, 0.2) is 0 Å². The first-order valence-corrected chi connectivity index (χ1v) is 16.9. The Morgan fingerprint density at radius 1 is 0.680 bits per heavy atom. The predicted molar refractivity (Wildman–Crippen MR) is 105 cm³/mol. The summed E-state index contributed by atoms with van der Waals surface area (Å²) >= 11 is 0. The van der Waals surface area contributed by atoms with Gasteiger partial charge in [0.05, 0.1) is 13.2 Å². The maximum absolute atomic E-state index is 11.8. The first kappa shape index (κ1) is 25.3. The van der Waals surface area contributed by atoms with E-state index in [1.165, 1.54) is 0 Å². The number of alkyl halides is 1. The van der Waals surface area contributed by atoms with Gasteiger partial charge in [0.25, 0.3) is 0 Å². The van der Waals surface area contributed by atoms with Gasteiger partial charge in [0.2, 0.25) is 0 Å². The molecule has 152 valence electrons. The van der Waals surface area contributed by atoms with E-state index in [0.717, 1.165) is 24.6 Å². The zero-order valence-corrected chi connectivity index (χ0v) is 20.0. The van der Waals surface area contributed by atoms with Crippen LogP contribution in [0.4, 0.5) is 4.39 Å². The minimum Gasteiger partial charge on any atom is -0.456 e. The fraction of sp³-hybridized carbons (Fsp3) is 1.00. The molecule has 0 aliphatic rings. The van der Waals surface area contributed by atoms with E-state index in [0.29, 0.717) is 19.8 Å². The number of hydrogen-bond acceptors (Lipinski definition) is 6. The molecule has 0 aliphatic heterocycles. The summed E-state index contributed by atoms with van der Waals surface area (Å²) in [6, 6.07) is 2.76. The van der Waals surface area contributed by atoms with Crippen LogP contribution in [-0.4, -0.2) is 73.4 Å². The zero-order valence-electron chi connectivity index (χ0n) is 17.0. The largest absolute Gasteiger partial charge is 0.499 e. The zero-order chi connectivity index (χ0) is 19.4. The van der Waals surface area contributed by atoms with Gasteiger partial charge in [-0.05, 0) is 44.7 Å². The molecule has 0 aromatic rings. The summed E-state index contributed by atoms with van der Waals surface area (Å²) in [6.45, 7) is 9.63. The van der Waals surface area contributed by atoms with E-state index in [1.54, 1.807) is 21.3 Å². The lowest BCUT2D eigenvalue weighted by Crippen LogP contribution is -2.48. The minimum absolute atomic E-state index is 0.303. The van der Waals surface area contributed by atoms with Crippen LogP contribution in [0, 0.1) is 0 Å². The van der Waals surface area contributed by atoms with E-state index in [2.05, 4.69) is 30.9 Å². The standard InChI is InChI=1S/C15H37FO6Si3/c1-17-25(18-2,19-3)14-13-24(6,7)22-23(4,5)12-8-9-20-10-11-21-15-16/h8-15H2,1-7H3. The molecule has 0 bridgehead atoms. The van der Waals surface area contributed by atoms with Gasteiger partial charge in [0, 0.05) is 34.0 Å². The maximum Gasteiger partial charge on any atom is 0.499 e. The SMILES string of the molecule is CO[Si](CC[Si](C)(C)O[Si](C)(C)CCCOCCOCF)(OC)OC. The summed E-state index contributed by atoms with van der Waals surface area (Å²) < 4.78 is 44.9. The Labute approximate surface area is 155 Å². The average molecular weight is 417 g/mol. The van der Waals surface area contributed by atoms with E-state index in [9.17, 15) is 4.39 Å². The van der Waals surface area contributed by atoms with Gasteiger partial charge in [0.1, 0.15) is 0 Å². The summed E-state index contributed by atoms with van der Waals surface area (Å²) in [5, 5.41) is 0. The van der Waals surface area contributed by atoms with Crippen LogP contribution in [-0.2, 0) is 26.9 Å². The van der Waals surface area contributed by atoms with Gasteiger partial charge < -0.3 is 26.9 Å². The molecule has 0 aromatic heterocycles. The molecule has 0 amide bonds. The van der Waals surface area contributed by atoms with Crippen LogP contribution >= 0.6 is 0 Å². The highest BCUT2D eigenvalue weighted by Crippen LogP contribution is 2.27. The number of ether oxygens (including phenoxy) is 2. The lowest BCUT2D eigenvalue weighted by molar-refractivity contribution is 0.0100. The number of rotatable bonds is 16. The van der Waals surface area contributed by atoms with Crippen LogP contribution in [0.1, 0.15) is 6.42 Å². The van der Waals surface area contributed by atoms with Crippen LogP contribution in [0.3, 0.4) is 0 Å². The predicted octanol–water partition coefficient (Wildman–Crippen LogP) is 3.64. The molecule has 0 atom stereocenters. The Bertz CT molecular complexity index is 335. The van der Waals surface area contributed by atoms with Crippen molar-refractivity contribution in [3.63, 3.8) is 0 Å². The summed E-state index contributed by atoms with van der Waals surface area (Å²) in [5.41, 5.74) is 0. The van der Waals surface area contributed by atoms with Crippen molar-refractivity contribution in [1.82, 2.24) is 0 Å². The summed E-state index contributed by atoms with van der Waals surface area (Å²) in [5.74, 6) is 0. The van der Waals surface area contributed by atoms with Crippen LogP contribution in [0.25, 0.3) is 0 Å². The molecule has 0 saturated carbocycles. The van der Waals surface area contributed by atoms with Gasteiger partial charge in [-0.3, -0.25) is 0 Å². The Morgan fingerprint density at radius 2 is 1.20 bits per heavy atom. The fourth-order valence-electron chi connectivity index (χ4n) is 2.73. The first-order valence-electron chi connectivity index (χ1n) is 8.73. The molecule has 0 saturated heterocycles. The third kappa shape index (κ3) is 11.6. The molecule has 0 N–H and O–H groups in total. The fourth-order valence-corrected chi connectivity index (χ4v) is 15.3. The summed E-state index contributed by atoms with van der Waals surface area (Å²) in [7, 11) is -1.19. The number of halogens is 1. The van der Waals surface area contributed by atoms with Gasteiger partial charge in [-0.2, -0.15) is 0 Å². The quantitative estimate of drug-likeness (QED) is 0.283. The third-order valence-electron chi connectivity index (χ3n) is 4.04. The lowest BCUT2D eigenvalue weighted by atomic mass is 10.5. The minimum atomic E-state index is -2.54. The molecule has 0 rings (SSSR count). The summed E-state index contributed by atoms with van der Waals surface area (Å²) in [4.78, 5) is 0. The van der Waals surface area contributed by atoms with Gasteiger partial charge in [-0.15, -0.1) is 0 Å². The van der Waals surface area contributed by atoms with Crippen molar-refractivity contribution < 1.29 is 31.3 Å². The third-order valence-corrected chi connectivity index (χ3v) is 14.7. The lowest BCUT2D eigenvalue weighted by Gasteiger charge is -2.35. The van der Waals surface area contributed by atoms with Crippen molar-refractivity contribution in [2.75, 3.05) is 48.0 Å². The maximum atomic E-state index is 11.8. The van der Waals surface area contributed by atoms with Crippen LogP contribution in [0.5, 0.6) is 0 Å². The Kier molecular flexibility index (Phi) is 12.9. The molecule has 0 unspecified atom stereocenters. The second kappa shape index (κ2) is 12.7. The van der Waals surface area contributed by atoms with E-state index >= 15 is 0 Å². The van der Waals surface area contributed by atoms with Gasteiger partial charge in [-0.1, -0.05) is 0 Å². The van der Waals surface area contributed by atoms with Crippen molar-refractivity contribution in [2.45, 2.75) is 50.7 Å². The molecule has 0 fully saturated rings. The second-order valence-corrected chi connectivity index (χ2v) is 19.1. The van der Waals surface area contributed by atoms with Gasteiger partial charge >= 0.3 is 8.80 Å². The molecular weight excluding hydrogens is 379 g/mol. The van der Waals surface area contributed by atoms with Crippen LogP contribution < -0.4 is 0 Å². The Hall–Kier alpha value is 0.341. The highest BCUT2D eigenvalue weighted by molar-refractivity contribution is 6.85. The van der Waals surface area contributed by atoms with E-state index in [1.807, 2.05) is 0 Å². The molecule has 10 heteroatoms. The molecule has 25 heavy (non-hydrogen) atoms. The topological polar surface area (TPSA) is 55.4 Å². The molecular formula is C15H37FO6Si3. The van der Waals surface area contributed by atoms with E-state index < -0.39 is 32.3 Å². The molecule has 0 aromatic carbocycles. The van der Waals surface area contributed by atoms with Crippen molar-refractivity contribution >= 4 is 25.4 Å². The summed E-state index contributed by atoms with van der Waals surface area (Å²) in [6.07, 6.45) is 0.951. The average Bonchev–Trinajstić information content (AvgIpc) is 2.55. The van der Waals surface area contributed by atoms with Crippen LogP contribution in [0.2, 0.25) is 44.3 Å². The highest BCUT2D eigenvalue weighted by atomic mass is 28.4.